The molecule has 4 rings (SSSR count). The molecule has 2 amide bonds. The van der Waals surface area contributed by atoms with E-state index in [1.54, 1.807) is 9.80 Å². The topological polar surface area (TPSA) is 40.6 Å². The molecule has 2 aromatic rings. The zero-order valence-electron chi connectivity index (χ0n) is 14.8. The number of hydrogen-bond donors (Lipinski definition) is 0. The molecule has 2 heterocycles. The van der Waals surface area contributed by atoms with E-state index in [2.05, 4.69) is 0 Å². The highest BCUT2D eigenvalue weighted by molar-refractivity contribution is 8.25. The standard InChI is InChI=1S/C20H16N2O2S4/c23-17-11-27-19(25)21(17)15-7-3-13(4-8-15)1-2-14-5-9-16(10-6-14)22-18(24)12-28-20(22)26/h3-10H,1-2,11-12H2. The number of thiocarbonyl (C=S) groups is 2. The van der Waals surface area contributed by atoms with Crippen LogP contribution in [0.3, 0.4) is 0 Å². The lowest BCUT2D eigenvalue weighted by Crippen LogP contribution is -2.27. The van der Waals surface area contributed by atoms with Gasteiger partial charge in [-0.05, 0) is 48.2 Å². The fraction of sp³-hybridized carbons (Fsp3) is 0.200. The maximum atomic E-state index is 11.9. The smallest absolute Gasteiger partial charge is 0.243 e. The predicted molar refractivity (Wildman–Crippen MR) is 125 cm³/mol. The summed E-state index contributed by atoms with van der Waals surface area (Å²) in [7, 11) is 0. The summed E-state index contributed by atoms with van der Waals surface area (Å²) in [5, 5.41) is 0. The summed E-state index contributed by atoms with van der Waals surface area (Å²) in [6, 6.07) is 16.0. The molecule has 0 atom stereocenters. The van der Waals surface area contributed by atoms with Crippen LogP contribution >= 0.6 is 48.0 Å². The highest BCUT2D eigenvalue weighted by Gasteiger charge is 2.28. The number of benzene rings is 2. The van der Waals surface area contributed by atoms with Crippen molar-refractivity contribution in [1.29, 1.82) is 0 Å². The first-order chi connectivity index (χ1) is 13.5. The summed E-state index contributed by atoms with van der Waals surface area (Å²) in [5.74, 6) is 0.917. The van der Waals surface area contributed by atoms with E-state index in [0.29, 0.717) is 20.1 Å². The van der Waals surface area contributed by atoms with Crippen LogP contribution in [0.15, 0.2) is 48.5 Å². The molecule has 0 bridgehead atoms. The molecule has 4 nitrogen and oxygen atoms in total. The van der Waals surface area contributed by atoms with Gasteiger partial charge in [0.2, 0.25) is 11.8 Å². The molecule has 0 saturated carbocycles. The van der Waals surface area contributed by atoms with E-state index < -0.39 is 0 Å². The van der Waals surface area contributed by atoms with Gasteiger partial charge in [0.25, 0.3) is 0 Å². The first-order valence-corrected chi connectivity index (χ1v) is 11.5. The third-order valence-electron chi connectivity index (χ3n) is 4.59. The van der Waals surface area contributed by atoms with Gasteiger partial charge < -0.3 is 0 Å². The highest BCUT2D eigenvalue weighted by Crippen LogP contribution is 2.28. The number of carbonyl (C=O) groups is 2. The molecule has 28 heavy (non-hydrogen) atoms. The Morgan fingerprint density at radius 1 is 0.679 bits per heavy atom. The van der Waals surface area contributed by atoms with Crippen molar-refractivity contribution in [2.24, 2.45) is 0 Å². The van der Waals surface area contributed by atoms with Gasteiger partial charge in [-0.1, -0.05) is 72.2 Å². The normalized spacial score (nSPS) is 17.1. The SMILES string of the molecule is O=C1CSC(=S)N1c1ccc(CCc2ccc(N3C(=O)CSC3=S)cc2)cc1. The van der Waals surface area contributed by atoms with Crippen molar-refractivity contribution < 1.29 is 9.59 Å². The number of carbonyl (C=O) groups excluding carboxylic acids is 2. The molecule has 2 fully saturated rings. The van der Waals surface area contributed by atoms with Crippen molar-refractivity contribution in [2.75, 3.05) is 21.3 Å². The number of amides is 2. The number of nitrogens with zero attached hydrogens (tertiary/aromatic N) is 2. The molecule has 0 radical (unpaired) electrons. The quantitative estimate of drug-likeness (QED) is 0.644. The van der Waals surface area contributed by atoms with Gasteiger partial charge in [-0.15, -0.1) is 0 Å². The van der Waals surface area contributed by atoms with Crippen LogP contribution in [0.2, 0.25) is 0 Å². The fourth-order valence-corrected chi connectivity index (χ4v) is 5.31. The van der Waals surface area contributed by atoms with Crippen LogP contribution in [-0.2, 0) is 22.4 Å². The van der Waals surface area contributed by atoms with Crippen LogP contribution in [0, 0.1) is 0 Å². The highest BCUT2D eigenvalue weighted by atomic mass is 32.2. The Balaban J connectivity index is 1.38. The van der Waals surface area contributed by atoms with Gasteiger partial charge in [0.05, 0.1) is 22.9 Å². The fourth-order valence-electron chi connectivity index (χ4n) is 3.12. The maximum Gasteiger partial charge on any atom is 0.243 e. The molecular formula is C20H16N2O2S4. The second-order valence-corrected chi connectivity index (χ2v) is 9.62. The number of thioether (sulfide) groups is 2. The van der Waals surface area contributed by atoms with E-state index >= 15 is 0 Å². The molecule has 2 aliphatic heterocycles. The summed E-state index contributed by atoms with van der Waals surface area (Å²) < 4.78 is 1.24. The minimum atomic E-state index is 0.0391. The Labute approximate surface area is 182 Å². The van der Waals surface area contributed by atoms with Crippen molar-refractivity contribution in [1.82, 2.24) is 0 Å². The number of anilines is 2. The predicted octanol–water partition coefficient (Wildman–Crippen LogP) is 4.20. The summed E-state index contributed by atoms with van der Waals surface area (Å²) in [4.78, 5) is 27.1. The summed E-state index contributed by atoms with van der Waals surface area (Å²) in [5.41, 5.74) is 4.06. The van der Waals surface area contributed by atoms with Crippen LogP contribution in [0.1, 0.15) is 11.1 Å². The van der Waals surface area contributed by atoms with Crippen LogP contribution < -0.4 is 9.80 Å². The average molecular weight is 445 g/mol. The summed E-state index contributed by atoms with van der Waals surface area (Å²) in [6.07, 6.45) is 1.79. The average Bonchev–Trinajstić information content (AvgIpc) is 3.22. The van der Waals surface area contributed by atoms with Crippen LogP contribution in [0.5, 0.6) is 0 Å². The lowest BCUT2D eigenvalue weighted by molar-refractivity contribution is -0.115. The molecular weight excluding hydrogens is 429 g/mol. The Kier molecular flexibility index (Phi) is 5.82. The van der Waals surface area contributed by atoms with Crippen molar-refractivity contribution in [3.05, 3.63) is 59.7 Å². The Morgan fingerprint density at radius 3 is 1.32 bits per heavy atom. The lowest BCUT2D eigenvalue weighted by atomic mass is 10.0. The second-order valence-electron chi connectivity index (χ2n) is 6.40. The van der Waals surface area contributed by atoms with Gasteiger partial charge in [-0.2, -0.15) is 0 Å². The van der Waals surface area contributed by atoms with Crippen LogP contribution in [-0.4, -0.2) is 32.0 Å². The maximum absolute atomic E-state index is 11.9. The molecule has 2 aromatic carbocycles. The number of rotatable bonds is 5. The molecule has 8 heteroatoms. The molecule has 0 spiro atoms. The zero-order valence-corrected chi connectivity index (χ0v) is 18.1. The van der Waals surface area contributed by atoms with E-state index in [1.807, 2.05) is 48.5 Å². The van der Waals surface area contributed by atoms with Gasteiger partial charge in [-0.25, -0.2) is 0 Å². The lowest BCUT2D eigenvalue weighted by Gasteiger charge is -2.16. The Morgan fingerprint density at radius 2 is 1.04 bits per heavy atom. The first kappa shape index (κ1) is 19.6. The first-order valence-electron chi connectivity index (χ1n) is 8.70. The van der Waals surface area contributed by atoms with Gasteiger partial charge >= 0.3 is 0 Å². The Bertz CT molecular complexity index is 846. The van der Waals surface area contributed by atoms with Crippen molar-refractivity contribution in [3.63, 3.8) is 0 Å². The third kappa shape index (κ3) is 4.00. The van der Waals surface area contributed by atoms with Crippen molar-refractivity contribution in [3.8, 4) is 0 Å². The third-order valence-corrected chi connectivity index (χ3v) is 7.31. The molecule has 0 aliphatic carbocycles. The number of aryl methyl sites for hydroxylation is 2. The Hall–Kier alpha value is -1.74. The molecule has 0 aromatic heterocycles. The largest absolute Gasteiger partial charge is 0.273 e. The van der Waals surface area contributed by atoms with E-state index in [9.17, 15) is 9.59 Å². The molecule has 2 saturated heterocycles. The minimum Gasteiger partial charge on any atom is -0.273 e. The summed E-state index contributed by atoms with van der Waals surface area (Å²) >= 11 is 13.3. The summed E-state index contributed by atoms with van der Waals surface area (Å²) in [6.45, 7) is 0. The van der Waals surface area contributed by atoms with Gasteiger partial charge in [-0.3, -0.25) is 19.4 Å². The van der Waals surface area contributed by atoms with E-state index in [-0.39, 0.29) is 11.8 Å². The molecule has 142 valence electrons. The van der Waals surface area contributed by atoms with Gasteiger partial charge in [0, 0.05) is 0 Å². The second kappa shape index (κ2) is 8.32. The van der Waals surface area contributed by atoms with Gasteiger partial charge in [0.15, 0.2) is 0 Å². The minimum absolute atomic E-state index is 0.0391. The van der Waals surface area contributed by atoms with E-state index in [0.717, 1.165) is 24.2 Å². The van der Waals surface area contributed by atoms with Crippen molar-refractivity contribution in [2.45, 2.75) is 12.8 Å². The molecule has 0 N–H and O–H groups in total. The monoisotopic (exact) mass is 444 g/mol. The van der Waals surface area contributed by atoms with Gasteiger partial charge in [0.1, 0.15) is 8.64 Å². The van der Waals surface area contributed by atoms with Crippen LogP contribution in [0.4, 0.5) is 11.4 Å². The zero-order chi connectivity index (χ0) is 19.7. The molecule has 0 unspecified atom stereocenters. The molecule has 2 aliphatic rings. The van der Waals surface area contributed by atoms with E-state index in [4.69, 9.17) is 24.4 Å². The van der Waals surface area contributed by atoms with E-state index in [1.165, 1.54) is 34.7 Å². The number of hydrogen-bond acceptors (Lipinski definition) is 6. The van der Waals surface area contributed by atoms with Crippen molar-refractivity contribution >= 4 is 79.8 Å². The van der Waals surface area contributed by atoms with Crippen LogP contribution in [0.25, 0.3) is 0 Å².